The number of carbonyl (C=O) groups excluding carboxylic acids is 1. The van der Waals surface area contributed by atoms with E-state index in [9.17, 15) is 4.79 Å². The smallest absolute Gasteiger partial charge is 0.276 e. The zero-order valence-electron chi connectivity index (χ0n) is 18.8. The maximum atomic E-state index is 12.2. The Morgan fingerprint density at radius 1 is 1.06 bits per heavy atom. The summed E-state index contributed by atoms with van der Waals surface area (Å²) in [6.07, 6.45) is 0. The Balaban J connectivity index is 1.42. The molecule has 2 N–H and O–H groups in total. The fourth-order valence-corrected chi connectivity index (χ4v) is 4.01. The van der Waals surface area contributed by atoms with Crippen LogP contribution < -0.4 is 5.48 Å². The van der Waals surface area contributed by atoms with Crippen molar-refractivity contribution < 1.29 is 14.7 Å². The van der Waals surface area contributed by atoms with Gasteiger partial charge in [-0.1, -0.05) is 35.0 Å². The lowest BCUT2D eigenvalue weighted by Gasteiger charge is -2.09. The summed E-state index contributed by atoms with van der Waals surface area (Å²) in [4.78, 5) is 26.4. The molecule has 0 fully saturated rings. The molecule has 176 valence electrons. The molecule has 0 aliphatic heterocycles. The van der Waals surface area contributed by atoms with Crippen LogP contribution in [-0.4, -0.2) is 49.2 Å². The van der Waals surface area contributed by atoms with Crippen molar-refractivity contribution in [3.8, 4) is 11.3 Å². The number of rotatable bonds is 7. The number of amides is 1. The Labute approximate surface area is 205 Å². The first-order valence-corrected chi connectivity index (χ1v) is 11.3. The monoisotopic (exact) mass is 488 g/mol. The number of nitrogens with one attached hydrogen (secondary N) is 1. The Bertz CT molecular complexity index is 1550. The van der Waals surface area contributed by atoms with Crippen molar-refractivity contribution in [2.45, 2.75) is 13.5 Å². The third-order valence-corrected chi connectivity index (χ3v) is 5.77. The van der Waals surface area contributed by atoms with Gasteiger partial charge < -0.3 is 5.11 Å². The number of aryl methyl sites for hydroxylation is 1. The second kappa shape index (κ2) is 9.75. The van der Waals surface area contributed by atoms with E-state index in [4.69, 9.17) is 26.5 Å². The molecule has 9 nitrogen and oxygen atoms in total. The van der Waals surface area contributed by atoms with Crippen LogP contribution in [0.25, 0.3) is 33.3 Å². The van der Waals surface area contributed by atoms with Crippen LogP contribution in [0.1, 0.15) is 21.6 Å². The molecule has 3 aromatic heterocycles. The minimum atomic E-state index is -0.499. The lowest BCUT2D eigenvalue weighted by atomic mass is 10.1. The number of hydrogen-bond acceptors (Lipinski definition) is 7. The Kier molecular flexibility index (Phi) is 6.37. The highest BCUT2D eigenvalue weighted by atomic mass is 35.5. The number of pyridine rings is 2. The van der Waals surface area contributed by atoms with Gasteiger partial charge in [0, 0.05) is 16.6 Å². The molecule has 5 aromatic rings. The highest BCUT2D eigenvalue weighted by Crippen LogP contribution is 2.26. The Morgan fingerprint density at radius 2 is 1.91 bits per heavy atom. The van der Waals surface area contributed by atoms with Gasteiger partial charge in [0.1, 0.15) is 5.52 Å². The van der Waals surface area contributed by atoms with Gasteiger partial charge in [0.25, 0.3) is 5.91 Å². The summed E-state index contributed by atoms with van der Waals surface area (Å²) in [5.74, 6) is -0.499. The number of aromatic nitrogens is 5. The molecule has 3 heterocycles. The molecule has 0 bridgehead atoms. The van der Waals surface area contributed by atoms with Crippen molar-refractivity contribution in [3.05, 3.63) is 82.5 Å². The van der Waals surface area contributed by atoms with Crippen molar-refractivity contribution in [1.29, 1.82) is 0 Å². The molecule has 0 saturated carbocycles. The fourth-order valence-electron chi connectivity index (χ4n) is 3.74. The second-order valence-electron chi connectivity index (χ2n) is 7.96. The molecule has 1 amide bonds. The number of benzene rings is 2. The van der Waals surface area contributed by atoms with Gasteiger partial charge in [-0.25, -0.2) is 15.1 Å². The third kappa shape index (κ3) is 4.83. The summed E-state index contributed by atoms with van der Waals surface area (Å²) in [6.45, 7) is 2.26. The lowest BCUT2D eigenvalue weighted by Crippen LogP contribution is -2.25. The summed E-state index contributed by atoms with van der Waals surface area (Å²) >= 11 is 6.35. The minimum absolute atomic E-state index is 0.0111. The quantitative estimate of drug-likeness (QED) is 0.265. The molecule has 0 saturated heterocycles. The van der Waals surface area contributed by atoms with Crippen LogP contribution >= 0.6 is 11.6 Å². The molecule has 0 unspecified atom stereocenters. The molecule has 2 aromatic carbocycles. The van der Waals surface area contributed by atoms with Crippen LogP contribution in [0.5, 0.6) is 0 Å². The average Bonchev–Trinajstić information content (AvgIpc) is 3.26. The minimum Gasteiger partial charge on any atom is -0.394 e. The van der Waals surface area contributed by atoms with Crippen LogP contribution in [0.15, 0.2) is 60.7 Å². The Hall–Kier alpha value is -3.92. The molecule has 35 heavy (non-hydrogen) atoms. The number of aliphatic hydroxyl groups excluding tert-OH is 1. The summed E-state index contributed by atoms with van der Waals surface area (Å²) < 4.78 is 1.75. The third-order valence-electron chi connectivity index (χ3n) is 5.45. The summed E-state index contributed by atoms with van der Waals surface area (Å²) in [5, 5.41) is 18.6. The average molecular weight is 489 g/mol. The van der Waals surface area contributed by atoms with Crippen LogP contribution in [0, 0.1) is 6.92 Å². The van der Waals surface area contributed by atoms with Gasteiger partial charge in [0.15, 0.2) is 5.65 Å². The van der Waals surface area contributed by atoms with E-state index in [1.165, 1.54) is 0 Å². The SMILES string of the molecule is Cc1ccc2cc(Cn3nnc4ccc(-c5ccc(C(=O)NOCCO)c(Cl)c5)nc43)ccc2n1. The molecule has 0 spiro atoms. The topological polar surface area (TPSA) is 115 Å². The van der Waals surface area contributed by atoms with E-state index < -0.39 is 5.91 Å². The van der Waals surface area contributed by atoms with Crippen LogP contribution in [-0.2, 0) is 11.4 Å². The van der Waals surface area contributed by atoms with Gasteiger partial charge >= 0.3 is 0 Å². The van der Waals surface area contributed by atoms with Gasteiger partial charge in [-0.15, -0.1) is 5.10 Å². The van der Waals surface area contributed by atoms with Crippen molar-refractivity contribution in [2.24, 2.45) is 0 Å². The standard InChI is InChI=1S/C25H21ClN6O3/c1-15-2-4-17-12-16(3-7-21(17)27-15)14-32-24-23(29-31-32)9-8-22(28-24)18-5-6-19(20(26)13-18)25(34)30-35-11-10-33/h2-9,12-13,33H,10-11,14H2,1H3,(H,30,34). The van der Waals surface area contributed by atoms with Gasteiger partial charge in [-0.2, -0.15) is 0 Å². The van der Waals surface area contributed by atoms with E-state index in [0.29, 0.717) is 23.4 Å². The number of carbonyl (C=O) groups is 1. The largest absolute Gasteiger partial charge is 0.394 e. The van der Waals surface area contributed by atoms with Gasteiger partial charge in [0.2, 0.25) is 0 Å². The van der Waals surface area contributed by atoms with E-state index >= 15 is 0 Å². The molecule has 0 aliphatic rings. The van der Waals surface area contributed by atoms with Crippen LogP contribution in [0.2, 0.25) is 5.02 Å². The predicted molar refractivity (Wildman–Crippen MR) is 132 cm³/mol. The summed E-state index contributed by atoms with van der Waals surface area (Å²) in [6, 6.07) is 18.9. The van der Waals surface area contributed by atoms with Crippen LogP contribution in [0.4, 0.5) is 0 Å². The van der Waals surface area contributed by atoms with Crippen LogP contribution in [0.3, 0.4) is 0 Å². The van der Waals surface area contributed by atoms with E-state index in [0.717, 1.165) is 27.7 Å². The van der Waals surface area contributed by atoms with Crippen molar-refractivity contribution in [1.82, 2.24) is 30.4 Å². The summed E-state index contributed by atoms with van der Waals surface area (Å²) in [5.41, 5.74) is 8.21. The predicted octanol–water partition coefficient (Wildman–Crippen LogP) is 3.71. The van der Waals surface area contributed by atoms with Crippen molar-refractivity contribution in [3.63, 3.8) is 0 Å². The first-order chi connectivity index (χ1) is 17.0. The zero-order chi connectivity index (χ0) is 24.4. The first kappa shape index (κ1) is 22.9. The molecular formula is C25H21ClN6O3. The molecule has 10 heteroatoms. The molecule has 0 radical (unpaired) electrons. The molecule has 5 rings (SSSR count). The number of fused-ring (bicyclic) bond motifs is 2. The van der Waals surface area contributed by atoms with E-state index in [2.05, 4.69) is 32.9 Å². The number of halogens is 1. The highest BCUT2D eigenvalue weighted by molar-refractivity contribution is 6.34. The number of hydrogen-bond donors (Lipinski definition) is 2. The second-order valence-corrected chi connectivity index (χ2v) is 8.37. The van der Waals surface area contributed by atoms with E-state index in [1.54, 1.807) is 22.9 Å². The number of nitrogens with zero attached hydrogens (tertiary/aromatic N) is 5. The van der Waals surface area contributed by atoms with Gasteiger partial charge in [-0.05, 0) is 55.0 Å². The van der Waals surface area contributed by atoms with Gasteiger partial charge in [0.05, 0.1) is 41.6 Å². The highest BCUT2D eigenvalue weighted by Gasteiger charge is 2.14. The van der Waals surface area contributed by atoms with Gasteiger partial charge in [-0.3, -0.25) is 14.6 Å². The number of aliphatic hydroxyl groups is 1. The molecule has 0 atom stereocenters. The zero-order valence-corrected chi connectivity index (χ0v) is 19.5. The molecule has 0 aliphatic carbocycles. The van der Waals surface area contributed by atoms with E-state index in [-0.39, 0.29) is 23.8 Å². The number of hydroxylamine groups is 1. The maximum absolute atomic E-state index is 12.2. The fraction of sp³-hybridized carbons (Fsp3) is 0.160. The molecular weight excluding hydrogens is 468 g/mol. The summed E-state index contributed by atoms with van der Waals surface area (Å²) in [7, 11) is 0. The Morgan fingerprint density at radius 3 is 2.74 bits per heavy atom. The van der Waals surface area contributed by atoms with Crippen molar-refractivity contribution in [2.75, 3.05) is 13.2 Å². The first-order valence-electron chi connectivity index (χ1n) is 10.9. The normalized spacial score (nSPS) is 11.3. The lowest BCUT2D eigenvalue weighted by molar-refractivity contribution is 0.0168. The van der Waals surface area contributed by atoms with Crippen molar-refractivity contribution >= 4 is 39.6 Å². The maximum Gasteiger partial charge on any atom is 0.276 e. The van der Waals surface area contributed by atoms with E-state index in [1.807, 2.05) is 37.3 Å².